The van der Waals surface area contributed by atoms with Crippen LogP contribution in [0.4, 0.5) is 0 Å². The lowest BCUT2D eigenvalue weighted by Crippen LogP contribution is -2.39. The van der Waals surface area contributed by atoms with Crippen LogP contribution in [0, 0.1) is 5.92 Å². The van der Waals surface area contributed by atoms with Crippen molar-refractivity contribution in [3.8, 4) is 0 Å². The van der Waals surface area contributed by atoms with E-state index in [9.17, 15) is 0 Å². The summed E-state index contributed by atoms with van der Waals surface area (Å²) >= 11 is 0. The predicted molar refractivity (Wildman–Crippen MR) is 83.7 cm³/mol. The summed E-state index contributed by atoms with van der Waals surface area (Å²) in [5, 5.41) is 18.4. The summed E-state index contributed by atoms with van der Waals surface area (Å²) in [6.07, 6.45) is 0.837. The molecule has 1 saturated heterocycles. The molecule has 112 valence electrons. The molecule has 21 heavy (non-hydrogen) atoms. The van der Waals surface area contributed by atoms with E-state index in [-0.39, 0.29) is 0 Å². The van der Waals surface area contributed by atoms with Crippen LogP contribution in [-0.4, -0.2) is 38.7 Å². The average Bonchev–Trinajstić information content (AvgIpc) is 2.86. The number of oxime groups is 1. The fourth-order valence-corrected chi connectivity index (χ4v) is 3.16. The normalized spacial score (nSPS) is 22.2. The van der Waals surface area contributed by atoms with Crippen LogP contribution in [0.1, 0.15) is 26.0 Å². The zero-order valence-corrected chi connectivity index (χ0v) is 12.7. The summed E-state index contributed by atoms with van der Waals surface area (Å²) in [5.41, 5.74) is 3.26. The number of aromatic nitrogens is 2. The van der Waals surface area contributed by atoms with Crippen molar-refractivity contribution in [3.05, 3.63) is 30.0 Å². The number of piperidine rings is 1. The molecule has 1 unspecified atom stereocenters. The first-order valence-corrected chi connectivity index (χ1v) is 7.60. The van der Waals surface area contributed by atoms with Gasteiger partial charge in [0.05, 0.1) is 16.9 Å². The average molecular weight is 286 g/mol. The highest BCUT2D eigenvalue weighted by atomic mass is 16.4. The number of nitrogens with zero attached hydrogens (tertiary/aromatic N) is 4. The van der Waals surface area contributed by atoms with E-state index in [0.29, 0.717) is 5.92 Å². The van der Waals surface area contributed by atoms with Gasteiger partial charge in [0.25, 0.3) is 0 Å². The fourth-order valence-electron chi connectivity index (χ4n) is 3.16. The number of benzene rings is 1. The van der Waals surface area contributed by atoms with Gasteiger partial charge in [0, 0.05) is 43.9 Å². The molecular formula is C16H22N4O. The Balaban J connectivity index is 1.83. The Kier molecular flexibility index (Phi) is 3.92. The van der Waals surface area contributed by atoms with Crippen LogP contribution in [0.2, 0.25) is 0 Å². The Labute approximate surface area is 124 Å². The van der Waals surface area contributed by atoms with Crippen LogP contribution in [0.15, 0.2) is 29.4 Å². The first-order valence-electron chi connectivity index (χ1n) is 7.60. The molecule has 0 radical (unpaired) electrons. The van der Waals surface area contributed by atoms with Gasteiger partial charge >= 0.3 is 0 Å². The third-order valence-electron chi connectivity index (χ3n) is 4.32. The first-order chi connectivity index (χ1) is 10.2. The van der Waals surface area contributed by atoms with Crippen molar-refractivity contribution >= 4 is 16.6 Å². The molecule has 1 aromatic heterocycles. The lowest BCUT2D eigenvalue weighted by atomic mass is 9.97. The third-order valence-corrected chi connectivity index (χ3v) is 4.32. The second-order valence-electron chi connectivity index (χ2n) is 5.76. The Morgan fingerprint density at radius 3 is 2.90 bits per heavy atom. The van der Waals surface area contributed by atoms with Gasteiger partial charge in [-0.1, -0.05) is 30.3 Å². The molecule has 2 aromatic rings. The van der Waals surface area contributed by atoms with Crippen molar-refractivity contribution in [1.82, 2.24) is 14.7 Å². The molecule has 1 fully saturated rings. The van der Waals surface area contributed by atoms with E-state index >= 15 is 0 Å². The molecule has 3 rings (SSSR count). The molecule has 0 spiro atoms. The van der Waals surface area contributed by atoms with Crippen LogP contribution in [0.5, 0.6) is 0 Å². The molecule has 2 heterocycles. The Bertz CT molecular complexity index is 661. The summed E-state index contributed by atoms with van der Waals surface area (Å²) in [4.78, 5) is 2.40. The second kappa shape index (κ2) is 5.85. The quantitative estimate of drug-likeness (QED) is 0.697. The van der Waals surface area contributed by atoms with E-state index in [1.165, 1.54) is 10.9 Å². The topological polar surface area (TPSA) is 53.7 Å². The summed E-state index contributed by atoms with van der Waals surface area (Å²) in [6, 6.07) is 8.41. The Morgan fingerprint density at radius 1 is 1.38 bits per heavy atom. The minimum Gasteiger partial charge on any atom is -0.411 e. The number of likely N-dealkylation sites (tertiary alicyclic amines) is 1. The lowest BCUT2D eigenvalue weighted by molar-refractivity contribution is 0.226. The minimum absolute atomic E-state index is 0.309. The Morgan fingerprint density at radius 2 is 2.19 bits per heavy atom. The molecule has 5 heteroatoms. The molecule has 0 bridgehead atoms. The van der Waals surface area contributed by atoms with Crippen LogP contribution in [0.25, 0.3) is 10.9 Å². The van der Waals surface area contributed by atoms with E-state index in [2.05, 4.69) is 52.9 Å². The maximum absolute atomic E-state index is 8.97. The van der Waals surface area contributed by atoms with Crippen molar-refractivity contribution in [2.24, 2.45) is 11.1 Å². The van der Waals surface area contributed by atoms with Gasteiger partial charge in [0.2, 0.25) is 0 Å². The lowest BCUT2D eigenvalue weighted by Gasteiger charge is -2.30. The zero-order chi connectivity index (χ0) is 14.8. The highest BCUT2D eigenvalue weighted by molar-refractivity contribution is 5.87. The number of para-hydroxylation sites is 1. The number of aryl methyl sites for hydroxylation is 1. The summed E-state index contributed by atoms with van der Waals surface area (Å²) in [7, 11) is 0. The van der Waals surface area contributed by atoms with Crippen LogP contribution in [0.3, 0.4) is 0 Å². The third kappa shape index (κ3) is 2.65. The Hall–Kier alpha value is -1.88. The van der Waals surface area contributed by atoms with Crippen molar-refractivity contribution in [1.29, 1.82) is 0 Å². The van der Waals surface area contributed by atoms with Crippen molar-refractivity contribution in [2.75, 3.05) is 13.1 Å². The molecule has 1 aromatic carbocycles. The smallest absolute Gasteiger partial charge is 0.0843 e. The first kappa shape index (κ1) is 14.1. The minimum atomic E-state index is 0.309. The van der Waals surface area contributed by atoms with Crippen LogP contribution >= 0.6 is 0 Å². The van der Waals surface area contributed by atoms with Crippen molar-refractivity contribution in [2.45, 2.75) is 33.4 Å². The van der Waals surface area contributed by atoms with Gasteiger partial charge in [0.1, 0.15) is 0 Å². The maximum atomic E-state index is 8.97. The SMILES string of the molecule is CCn1nc(CN2CC/C(=N/O)C(C)C2)c2ccccc21. The van der Waals surface area contributed by atoms with E-state index < -0.39 is 0 Å². The van der Waals surface area contributed by atoms with Crippen LogP contribution < -0.4 is 0 Å². The van der Waals surface area contributed by atoms with Gasteiger partial charge < -0.3 is 5.21 Å². The highest BCUT2D eigenvalue weighted by Gasteiger charge is 2.23. The van der Waals surface area contributed by atoms with Gasteiger partial charge in [-0.2, -0.15) is 5.10 Å². The van der Waals surface area contributed by atoms with E-state index in [4.69, 9.17) is 10.3 Å². The summed E-state index contributed by atoms with van der Waals surface area (Å²) in [5.74, 6) is 0.309. The number of hydrogen-bond donors (Lipinski definition) is 1. The maximum Gasteiger partial charge on any atom is 0.0843 e. The second-order valence-corrected chi connectivity index (χ2v) is 5.76. The molecule has 1 N–H and O–H groups in total. The van der Waals surface area contributed by atoms with Gasteiger partial charge in [-0.3, -0.25) is 9.58 Å². The number of hydrogen-bond acceptors (Lipinski definition) is 4. The van der Waals surface area contributed by atoms with Crippen molar-refractivity contribution < 1.29 is 5.21 Å². The van der Waals surface area contributed by atoms with E-state index in [1.807, 2.05) is 0 Å². The highest BCUT2D eigenvalue weighted by Crippen LogP contribution is 2.22. The van der Waals surface area contributed by atoms with Gasteiger partial charge in [-0.25, -0.2) is 0 Å². The molecular weight excluding hydrogens is 264 g/mol. The number of rotatable bonds is 3. The van der Waals surface area contributed by atoms with Gasteiger partial charge in [-0.05, 0) is 13.0 Å². The van der Waals surface area contributed by atoms with Gasteiger partial charge in [-0.15, -0.1) is 0 Å². The molecule has 0 aliphatic carbocycles. The summed E-state index contributed by atoms with van der Waals surface area (Å²) in [6.45, 7) is 7.83. The standard InChI is InChI=1S/C16H22N4O/c1-3-20-16-7-5-4-6-13(16)15(17-20)11-19-9-8-14(18-21)12(2)10-19/h4-7,12,21H,3,8-11H2,1-2H3/b18-14-. The molecule has 1 atom stereocenters. The van der Waals surface area contributed by atoms with Crippen LogP contribution in [-0.2, 0) is 13.1 Å². The largest absolute Gasteiger partial charge is 0.411 e. The monoisotopic (exact) mass is 286 g/mol. The number of fused-ring (bicyclic) bond motifs is 1. The van der Waals surface area contributed by atoms with E-state index in [0.717, 1.165) is 44.0 Å². The molecule has 0 saturated carbocycles. The molecule has 5 nitrogen and oxygen atoms in total. The summed E-state index contributed by atoms with van der Waals surface area (Å²) < 4.78 is 2.07. The predicted octanol–water partition coefficient (Wildman–Crippen LogP) is 2.73. The van der Waals surface area contributed by atoms with Gasteiger partial charge in [0.15, 0.2) is 0 Å². The van der Waals surface area contributed by atoms with Crippen molar-refractivity contribution in [3.63, 3.8) is 0 Å². The molecule has 1 aliphatic heterocycles. The fraction of sp³-hybridized carbons (Fsp3) is 0.500. The molecule has 1 aliphatic rings. The van der Waals surface area contributed by atoms with E-state index in [1.54, 1.807) is 0 Å². The zero-order valence-electron chi connectivity index (χ0n) is 12.7. The molecule has 0 amide bonds.